The van der Waals surface area contributed by atoms with Gasteiger partial charge in [0.2, 0.25) is 12.6 Å². The standard InChI is InChI=1S/C44H64O22/c1-7-23-25(27(39(55)57-5)19-61-41(23)65-43-37(53)35(51)33(49)29(16-45)63-43)14-31(47)59-13-12-21(3)10-9-11-22(4)18-60-32(48)15-26-24(8-2)42(62-20-28(26)40(56)58-6)66-44-38(54)36(52)34(50)30(17-46)64-44/h7-8,11,19-21,25-26,29-30,33-38,41-46,49-54H,9-10,12-18H2,1-6H3/b22-11+,23-7+,24-8+/t21-,25+,26+,29-,30-,33-,34-,35+,36+,37-,38-,41+,42+,43+,44+/m1/s1. The topological polar surface area (TPSA) is 322 Å². The Balaban J connectivity index is 1.25. The summed E-state index contributed by atoms with van der Waals surface area (Å²) in [5.74, 6) is -4.63. The summed E-state index contributed by atoms with van der Waals surface area (Å²) in [5.41, 5.74) is 1.30. The molecule has 0 aromatic heterocycles. The Hall–Kier alpha value is -4.30. The van der Waals surface area contributed by atoms with E-state index in [1.165, 1.54) is 0 Å². The molecule has 4 rings (SSSR count). The molecule has 0 spiro atoms. The molecule has 2 saturated heterocycles. The van der Waals surface area contributed by atoms with Crippen molar-refractivity contribution in [2.75, 3.05) is 40.6 Å². The smallest absolute Gasteiger partial charge is 0.337 e. The summed E-state index contributed by atoms with van der Waals surface area (Å²) in [6.07, 6.45) is -10.1. The van der Waals surface area contributed by atoms with Crippen LogP contribution in [0.4, 0.5) is 0 Å². The number of methoxy groups -OCH3 is 2. The minimum Gasteiger partial charge on any atom is -0.468 e. The van der Waals surface area contributed by atoms with E-state index in [0.717, 1.165) is 32.3 Å². The number of allylic oxidation sites excluding steroid dienone is 3. The monoisotopic (exact) mass is 944 g/mol. The van der Waals surface area contributed by atoms with Gasteiger partial charge < -0.3 is 88.2 Å². The average molecular weight is 945 g/mol. The van der Waals surface area contributed by atoms with Crippen LogP contribution in [0.2, 0.25) is 0 Å². The van der Waals surface area contributed by atoms with Gasteiger partial charge in [0.25, 0.3) is 0 Å². The molecule has 22 nitrogen and oxygen atoms in total. The molecule has 66 heavy (non-hydrogen) atoms. The Morgan fingerprint density at radius 2 is 1.11 bits per heavy atom. The molecule has 0 radical (unpaired) electrons. The Labute approximate surface area is 381 Å². The van der Waals surface area contributed by atoms with Crippen LogP contribution >= 0.6 is 0 Å². The number of ether oxygens (including phenoxy) is 10. The molecule has 0 bridgehead atoms. The highest BCUT2D eigenvalue weighted by molar-refractivity contribution is 5.91. The van der Waals surface area contributed by atoms with Crippen molar-refractivity contribution >= 4 is 23.9 Å². The van der Waals surface area contributed by atoms with Crippen molar-refractivity contribution in [1.82, 2.24) is 0 Å². The number of aliphatic hydroxyl groups is 8. The molecule has 0 amide bonds. The third kappa shape index (κ3) is 13.7. The first kappa shape index (κ1) is 54.3. The maximum absolute atomic E-state index is 13.2. The van der Waals surface area contributed by atoms with Gasteiger partial charge in [-0.05, 0) is 51.5 Å². The molecule has 15 atom stereocenters. The lowest BCUT2D eigenvalue weighted by Crippen LogP contribution is -2.60. The molecule has 8 N–H and O–H groups in total. The average Bonchev–Trinajstić information content (AvgIpc) is 3.30. The zero-order chi connectivity index (χ0) is 48.8. The molecule has 2 fully saturated rings. The van der Waals surface area contributed by atoms with Crippen LogP contribution in [0.1, 0.15) is 59.8 Å². The van der Waals surface area contributed by atoms with Gasteiger partial charge in [-0.25, -0.2) is 9.59 Å². The van der Waals surface area contributed by atoms with Crippen LogP contribution in [0, 0.1) is 17.8 Å². The van der Waals surface area contributed by atoms with Gasteiger partial charge in [-0.3, -0.25) is 9.59 Å². The molecule has 4 heterocycles. The van der Waals surface area contributed by atoms with Crippen molar-refractivity contribution in [3.05, 3.63) is 58.6 Å². The van der Waals surface area contributed by atoms with Gasteiger partial charge in [0, 0.05) is 23.0 Å². The highest BCUT2D eigenvalue weighted by Gasteiger charge is 2.48. The number of carbonyl (C=O) groups is 4. The lowest BCUT2D eigenvalue weighted by Gasteiger charge is -2.41. The van der Waals surface area contributed by atoms with E-state index >= 15 is 0 Å². The first-order valence-corrected chi connectivity index (χ1v) is 21.5. The van der Waals surface area contributed by atoms with E-state index in [1.54, 1.807) is 32.9 Å². The van der Waals surface area contributed by atoms with E-state index in [0.29, 0.717) is 19.3 Å². The SMILES string of the molecule is C/C=C1/[C@H](O[C@@H]2O[C@H](CO)[C@@H](O)[C@H](O)[C@H]2O)OC=C(C(=O)OC)[C@H]1CC(=O)OCC[C@H](C)CC/C=C(\C)COC(=O)C[C@@H]1C(C(=O)OC)=CO[C@@H](O[C@@H]2O[C@H](CO)[C@@H](O)[C@H](O)[C@H]2O)/C1=C/C. The Kier molecular flexibility index (Phi) is 21.2. The summed E-state index contributed by atoms with van der Waals surface area (Å²) >= 11 is 0. The summed E-state index contributed by atoms with van der Waals surface area (Å²) in [6.45, 7) is 5.61. The van der Waals surface area contributed by atoms with Crippen LogP contribution in [-0.2, 0) is 66.5 Å². The normalized spacial score (nSPS) is 34.3. The predicted molar refractivity (Wildman–Crippen MR) is 222 cm³/mol. The molecule has 0 unspecified atom stereocenters. The second kappa shape index (κ2) is 25.7. The second-order valence-electron chi connectivity index (χ2n) is 16.2. The number of hydrogen-bond acceptors (Lipinski definition) is 22. The number of aliphatic hydroxyl groups excluding tert-OH is 8. The van der Waals surface area contributed by atoms with Crippen molar-refractivity contribution < 1.29 is 107 Å². The number of hydrogen-bond donors (Lipinski definition) is 8. The minimum atomic E-state index is -1.73. The van der Waals surface area contributed by atoms with Crippen molar-refractivity contribution in [2.24, 2.45) is 17.8 Å². The number of esters is 4. The Morgan fingerprint density at radius 1 is 0.667 bits per heavy atom. The summed E-state index contributed by atoms with van der Waals surface area (Å²) in [7, 11) is 2.32. The van der Waals surface area contributed by atoms with Gasteiger partial charge >= 0.3 is 23.9 Å². The fraction of sp³-hybridized carbons (Fsp3) is 0.682. The Bertz CT molecular complexity index is 1800. The molecule has 4 aliphatic heterocycles. The van der Waals surface area contributed by atoms with Crippen LogP contribution in [0.15, 0.2) is 58.6 Å². The molecule has 372 valence electrons. The zero-order valence-corrected chi connectivity index (χ0v) is 37.7. The van der Waals surface area contributed by atoms with E-state index < -0.39 is 123 Å². The van der Waals surface area contributed by atoms with Gasteiger partial charge in [-0.1, -0.05) is 25.2 Å². The number of carbonyl (C=O) groups excluding carboxylic acids is 4. The molecule has 0 aliphatic carbocycles. The molecule has 0 saturated carbocycles. The summed E-state index contributed by atoms with van der Waals surface area (Å²) in [4.78, 5) is 51.7. The summed E-state index contributed by atoms with van der Waals surface area (Å²) in [6, 6.07) is 0. The number of rotatable bonds is 20. The van der Waals surface area contributed by atoms with Gasteiger partial charge in [-0.15, -0.1) is 0 Å². The van der Waals surface area contributed by atoms with Crippen LogP contribution < -0.4 is 0 Å². The van der Waals surface area contributed by atoms with E-state index in [1.807, 2.05) is 13.0 Å². The van der Waals surface area contributed by atoms with Crippen molar-refractivity contribution in [2.45, 2.75) is 134 Å². The van der Waals surface area contributed by atoms with E-state index in [9.17, 15) is 60.0 Å². The molecule has 0 aromatic rings. The third-order valence-electron chi connectivity index (χ3n) is 11.7. The van der Waals surface area contributed by atoms with Gasteiger partial charge in [0.1, 0.15) is 55.4 Å². The quantitative estimate of drug-likeness (QED) is 0.0420. The Morgan fingerprint density at radius 3 is 1.52 bits per heavy atom. The predicted octanol–water partition coefficient (Wildman–Crippen LogP) is -0.810. The van der Waals surface area contributed by atoms with Gasteiger partial charge in [0.05, 0.1) is 70.6 Å². The first-order valence-electron chi connectivity index (χ1n) is 21.5. The van der Waals surface area contributed by atoms with Gasteiger partial charge in [0.15, 0.2) is 12.6 Å². The van der Waals surface area contributed by atoms with Crippen LogP contribution in [0.3, 0.4) is 0 Å². The van der Waals surface area contributed by atoms with Crippen LogP contribution in [-0.4, -0.2) is 179 Å². The molecule has 22 heteroatoms. The summed E-state index contributed by atoms with van der Waals surface area (Å²) < 4.78 is 54.5. The van der Waals surface area contributed by atoms with Crippen molar-refractivity contribution in [1.29, 1.82) is 0 Å². The molecular weight excluding hydrogens is 880 g/mol. The van der Waals surface area contributed by atoms with Crippen molar-refractivity contribution in [3.63, 3.8) is 0 Å². The summed E-state index contributed by atoms with van der Waals surface area (Å²) in [5, 5.41) is 80.7. The van der Waals surface area contributed by atoms with Gasteiger partial charge in [-0.2, -0.15) is 0 Å². The molecule has 4 aliphatic rings. The lowest BCUT2D eigenvalue weighted by atomic mass is 9.86. The second-order valence-corrected chi connectivity index (χ2v) is 16.2. The van der Waals surface area contributed by atoms with Crippen LogP contribution in [0.5, 0.6) is 0 Å². The lowest BCUT2D eigenvalue weighted by molar-refractivity contribution is -0.327. The zero-order valence-electron chi connectivity index (χ0n) is 37.7. The van der Waals surface area contributed by atoms with E-state index in [2.05, 4.69) is 0 Å². The van der Waals surface area contributed by atoms with Crippen molar-refractivity contribution in [3.8, 4) is 0 Å². The maximum atomic E-state index is 13.2. The third-order valence-corrected chi connectivity index (χ3v) is 11.7. The van der Waals surface area contributed by atoms with E-state index in [-0.39, 0.29) is 54.3 Å². The fourth-order valence-corrected chi connectivity index (χ4v) is 7.69. The maximum Gasteiger partial charge on any atom is 0.337 e. The molecular formula is C44H64O22. The highest BCUT2D eigenvalue weighted by Crippen LogP contribution is 2.38. The largest absolute Gasteiger partial charge is 0.468 e. The van der Waals surface area contributed by atoms with Crippen LogP contribution in [0.25, 0.3) is 0 Å². The highest BCUT2D eigenvalue weighted by atomic mass is 16.8. The molecule has 0 aromatic carbocycles. The fourth-order valence-electron chi connectivity index (χ4n) is 7.69. The first-order chi connectivity index (χ1) is 31.4. The van der Waals surface area contributed by atoms with E-state index in [4.69, 9.17) is 47.4 Å². The minimum absolute atomic E-state index is 0.000285.